The maximum atomic E-state index is 5.44. The fraction of sp³-hybridized carbons (Fsp3) is 0.182. The fourth-order valence-corrected chi connectivity index (χ4v) is 1.30. The highest BCUT2D eigenvalue weighted by atomic mass is 16.5. The van der Waals surface area contributed by atoms with Gasteiger partial charge in [0.2, 0.25) is 0 Å². The van der Waals surface area contributed by atoms with Crippen molar-refractivity contribution >= 4 is 6.01 Å². The van der Waals surface area contributed by atoms with Gasteiger partial charge in [-0.15, -0.1) is 0 Å². The average Bonchev–Trinajstić information content (AvgIpc) is 2.78. The largest absolute Gasteiger partial charge is 0.497 e. The van der Waals surface area contributed by atoms with Crippen LogP contribution in [0, 0.1) is 0 Å². The van der Waals surface area contributed by atoms with E-state index in [0.29, 0.717) is 6.01 Å². The van der Waals surface area contributed by atoms with Crippen LogP contribution in [0.15, 0.2) is 34.9 Å². The molecule has 1 N–H and O–H groups in total. The smallest absolute Gasteiger partial charge is 0.294 e. The first-order valence-electron chi connectivity index (χ1n) is 4.61. The first-order chi connectivity index (χ1) is 7.33. The van der Waals surface area contributed by atoms with Crippen LogP contribution in [0.2, 0.25) is 0 Å². The minimum Gasteiger partial charge on any atom is -0.497 e. The zero-order chi connectivity index (χ0) is 10.7. The summed E-state index contributed by atoms with van der Waals surface area (Å²) in [7, 11) is 3.40. The number of ether oxygens (including phenoxy) is 1. The summed E-state index contributed by atoms with van der Waals surface area (Å²) in [5.74, 6) is 1.52. The Kier molecular flexibility index (Phi) is 2.58. The van der Waals surface area contributed by atoms with Crippen LogP contribution in [0.3, 0.4) is 0 Å². The van der Waals surface area contributed by atoms with E-state index in [1.54, 1.807) is 20.4 Å². The Hall–Kier alpha value is -1.97. The number of hydrogen-bond acceptors (Lipinski definition) is 4. The van der Waals surface area contributed by atoms with Crippen molar-refractivity contribution in [2.45, 2.75) is 0 Å². The Morgan fingerprint density at radius 1 is 1.40 bits per heavy atom. The van der Waals surface area contributed by atoms with Crippen molar-refractivity contribution < 1.29 is 9.15 Å². The molecule has 1 aromatic heterocycles. The molecule has 2 aromatic rings. The van der Waals surface area contributed by atoms with Gasteiger partial charge in [0.15, 0.2) is 5.76 Å². The van der Waals surface area contributed by atoms with Crippen molar-refractivity contribution in [2.24, 2.45) is 0 Å². The third-order valence-electron chi connectivity index (χ3n) is 2.07. The fourth-order valence-electron chi connectivity index (χ4n) is 1.30. The molecule has 15 heavy (non-hydrogen) atoms. The molecule has 0 radical (unpaired) electrons. The Balaban J connectivity index is 2.35. The van der Waals surface area contributed by atoms with Gasteiger partial charge in [-0.05, 0) is 12.1 Å². The maximum Gasteiger partial charge on any atom is 0.294 e. The Labute approximate surface area is 87.9 Å². The molecular formula is C11H12N2O2. The van der Waals surface area contributed by atoms with Crippen LogP contribution in [0.1, 0.15) is 0 Å². The third kappa shape index (κ3) is 1.93. The molecule has 0 atom stereocenters. The summed E-state index contributed by atoms with van der Waals surface area (Å²) >= 11 is 0. The van der Waals surface area contributed by atoms with E-state index >= 15 is 0 Å². The van der Waals surface area contributed by atoms with Gasteiger partial charge in [-0.3, -0.25) is 0 Å². The highest BCUT2D eigenvalue weighted by Crippen LogP contribution is 2.25. The number of nitrogens with zero attached hydrogens (tertiary/aromatic N) is 1. The van der Waals surface area contributed by atoms with Gasteiger partial charge in [-0.25, -0.2) is 4.98 Å². The van der Waals surface area contributed by atoms with Gasteiger partial charge in [-0.1, -0.05) is 12.1 Å². The number of nitrogens with one attached hydrogen (secondary N) is 1. The van der Waals surface area contributed by atoms with E-state index in [2.05, 4.69) is 10.3 Å². The normalized spacial score (nSPS) is 10.0. The number of oxazole rings is 1. The lowest BCUT2D eigenvalue weighted by molar-refractivity contribution is 0.415. The molecule has 0 unspecified atom stereocenters. The molecule has 0 aliphatic heterocycles. The molecule has 0 bridgehead atoms. The minimum atomic E-state index is 0.507. The van der Waals surface area contributed by atoms with Gasteiger partial charge in [-0.2, -0.15) is 0 Å². The van der Waals surface area contributed by atoms with Gasteiger partial charge in [0, 0.05) is 12.6 Å². The molecule has 0 spiro atoms. The Morgan fingerprint density at radius 2 is 2.27 bits per heavy atom. The van der Waals surface area contributed by atoms with Crippen molar-refractivity contribution in [3.05, 3.63) is 30.5 Å². The number of aromatic nitrogens is 1. The first kappa shape index (κ1) is 9.58. The van der Waals surface area contributed by atoms with Gasteiger partial charge >= 0.3 is 0 Å². The van der Waals surface area contributed by atoms with Gasteiger partial charge in [0.25, 0.3) is 6.01 Å². The third-order valence-corrected chi connectivity index (χ3v) is 2.07. The average molecular weight is 204 g/mol. The van der Waals surface area contributed by atoms with E-state index in [9.17, 15) is 0 Å². The van der Waals surface area contributed by atoms with E-state index in [1.165, 1.54) is 0 Å². The molecule has 0 saturated carbocycles. The lowest BCUT2D eigenvalue weighted by atomic mass is 10.2. The summed E-state index contributed by atoms with van der Waals surface area (Å²) in [6.07, 6.45) is 1.68. The lowest BCUT2D eigenvalue weighted by Crippen LogP contribution is -1.85. The summed E-state index contributed by atoms with van der Waals surface area (Å²) in [5.41, 5.74) is 0.948. The Bertz CT molecular complexity index is 451. The summed E-state index contributed by atoms with van der Waals surface area (Å²) < 4.78 is 10.6. The topological polar surface area (TPSA) is 47.3 Å². The number of benzene rings is 1. The van der Waals surface area contributed by atoms with Crippen molar-refractivity contribution in [1.82, 2.24) is 4.98 Å². The zero-order valence-corrected chi connectivity index (χ0v) is 8.65. The first-order valence-corrected chi connectivity index (χ1v) is 4.61. The summed E-state index contributed by atoms with van der Waals surface area (Å²) in [5, 5.41) is 2.84. The number of methoxy groups -OCH3 is 1. The molecule has 78 valence electrons. The molecule has 0 amide bonds. The molecule has 0 aliphatic carbocycles. The second-order valence-corrected chi connectivity index (χ2v) is 3.01. The predicted octanol–water partition coefficient (Wildman–Crippen LogP) is 2.39. The summed E-state index contributed by atoms with van der Waals surface area (Å²) in [4.78, 5) is 4.05. The van der Waals surface area contributed by atoms with Gasteiger partial charge in [0.1, 0.15) is 5.75 Å². The monoisotopic (exact) mass is 204 g/mol. The molecular weight excluding hydrogens is 192 g/mol. The quantitative estimate of drug-likeness (QED) is 0.833. The van der Waals surface area contributed by atoms with Crippen LogP contribution in [-0.4, -0.2) is 19.1 Å². The molecule has 1 heterocycles. The Morgan fingerprint density at radius 3 is 2.93 bits per heavy atom. The predicted molar refractivity (Wildman–Crippen MR) is 58.0 cm³/mol. The van der Waals surface area contributed by atoms with E-state index in [1.807, 2.05) is 24.3 Å². The number of rotatable bonds is 3. The maximum absolute atomic E-state index is 5.44. The van der Waals surface area contributed by atoms with Gasteiger partial charge in [0.05, 0.1) is 13.3 Å². The van der Waals surface area contributed by atoms with Crippen LogP contribution >= 0.6 is 0 Å². The number of anilines is 1. The van der Waals surface area contributed by atoms with E-state index < -0.39 is 0 Å². The summed E-state index contributed by atoms with van der Waals surface area (Å²) in [6, 6.07) is 8.16. The molecule has 0 saturated heterocycles. The number of hydrogen-bond donors (Lipinski definition) is 1. The minimum absolute atomic E-state index is 0.507. The second kappa shape index (κ2) is 4.04. The van der Waals surface area contributed by atoms with Gasteiger partial charge < -0.3 is 14.5 Å². The lowest BCUT2D eigenvalue weighted by Gasteiger charge is -2.00. The second-order valence-electron chi connectivity index (χ2n) is 3.01. The van der Waals surface area contributed by atoms with Crippen LogP contribution in [0.5, 0.6) is 5.75 Å². The standard InChI is InChI=1S/C11H12N2O2/c1-12-11-13-7-10(15-11)8-4-3-5-9(6-8)14-2/h3-7H,1-2H3,(H,12,13). The van der Waals surface area contributed by atoms with Crippen molar-refractivity contribution in [3.8, 4) is 17.1 Å². The van der Waals surface area contributed by atoms with Crippen molar-refractivity contribution in [1.29, 1.82) is 0 Å². The highest BCUT2D eigenvalue weighted by Gasteiger charge is 2.05. The van der Waals surface area contributed by atoms with Crippen LogP contribution < -0.4 is 10.1 Å². The summed E-state index contributed by atoms with van der Waals surface area (Å²) in [6.45, 7) is 0. The van der Waals surface area contributed by atoms with Crippen molar-refractivity contribution in [3.63, 3.8) is 0 Å². The molecule has 4 heteroatoms. The molecule has 2 rings (SSSR count). The molecule has 0 aliphatic rings. The van der Waals surface area contributed by atoms with E-state index in [0.717, 1.165) is 17.1 Å². The molecule has 4 nitrogen and oxygen atoms in total. The highest BCUT2D eigenvalue weighted by molar-refractivity contribution is 5.59. The van der Waals surface area contributed by atoms with Crippen molar-refractivity contribution in [2.75, 3.05) is 19.5 Å². The van der Waals surface area contributed by atoms with E-state index in [4.69, 9.17) is 9.15 Å². The zero-order valence-electron chi connectivity index (χ0n) is 8.65. The molecule has 0 fully saturated rings. The SMILES string of the molecule is CNc1ncc(-c2cccc(OC)c2)o1. The van der Waals surface area contributed by atoms with Crippen LogP contribution in [-0.2, 0) is 0 Å². The molecule has 1 aromatic carbocycles. The van der Waals surface area contributed by atoms with Crippen LogP contribution in [0.4, 0.5) is 6.01 Å². The van der Waals surface area contributed by atoms with Crippen LogP contribution in [0.25, 0.3) is 11.3 Å². The van der Waals surface area contributed by atoms with E-state index in [-0.39, 0.29) is 0 Å².